The van der Waals surface area contributed by atoms with Crippen molar-refractivity contribution in [2.75, 3.05) is 33.0 Å². The fourth-order valence-corrected chi connectivity index (χ4v) is 1.75. The van der Waals surface area contributed by atoms with Crippen LogP contribution in [0.4, 0.5) is 0 Å². The second-order valence-electron chi connectivity index (χ2n) is 4.93. The Hall–Kier alpha value is -0.120. The number of nitrogens with one attached hydrogen (secondary N) is 1. The molecule has 0 fully saturated rings. The van der Waals surface area contributed by atoms with Gasteiger partial charge in [0, 0.05) is 19.2 Å². The molecular formula is C15H33NO2. The van der Waals surface area contributed by atoms with E-state index in [2.05, 4.69) is 26.1 Å². The van der Waals surface area contributed by atoms with Gasteiger partial charge in [-0.05, 0) is 19.8 Å². The molecule has 0 aliphatic carbocycles. The standard InChI is InChI=1S/C15H33NO2/c1-4-6-8-9-15(3)16-10-12-18-14-13-17-11-7-5-2/h15-16H,4-14H2,1-3H3. The molecule has 0 rings (SSSR count). The van der Waals surface area contributed by atoms with Crippen LogP contribution < -0.4 is 5.32 Å². The first-order valence-corrected chi connectivity index (χ1v) is 7.70. The van der Waals surface area contributed by atoms with Crippen LogP contribution in [0.15, 0.2) is 0 Å². The molecule has 1 N–H and O–H groups in total. The van der Waals surface area contributed by atoms with E-state index in [0.29, 0.717) is 6.04 Å². The average molecular weight is 259 g/mol. The van der Waals surface area contributed by atoms with Crippen molar-refractivity contribution in [3.63, 3.8) is 0 Å². The van der Waals surface area contributed by atoms with Gasteiger partial charge in [0.2, 0.25) is 0 Å². The van der Waals surface area contributed by atoms with Gasteiger partial charge in [-0.2, -0.15) is 0 Å². The SMILES string of the molecule is CCCCCC(C)NCCOCCOCCCC. The smallest absolute Gasteiger partial charge is 0.0701 e. The molecule has 0 saturated carbocycles. The Balaban J connectivity index is 3.05. The van der Waals surface area contributed by atoms with Gasteiger partial charge in [0.25, 0.3) is 0 Å². The summed E-state index contributed by atoms with van der Waals surface area (Å²) in [5, 5.41) is 3.49. The molecule has 0 radical (unpaired) electrons. The van der Waals surface area contributed by atoms with Crippen molar-refractivity contribution in [1.29, 1.82) is 0 Å². The zero-order valence-corrected chi connectivity index (χ0v) is 12.7. The fraction of sp³-hybridized carbons (Fsp3) is 1.00. The lowest BCUT2D eigenvalue weighted by Gasteiger charge is -2.13. The minimum Gasteiger partial charge on any atom is -0.379 e. The van der Waals surface area contributed by atoms with E-state index in [-0.39, 0.29) is 0 Å². The molecule has 0 aromatic rings. The maximum Gasteiger partial charge on any atom is 0.0701 e. The molecule has 0 aromatic heterocycles. The zero-order valence-electron chi connectivity index (χ0n) is 12.7. The predicted octanol–water partition coefficient (Wildman–Crippen LogP) is 3.38. The first kappa shape index (κ1) is 17.9. The van der Waals surface area contributed by atoms with Crippen molar-refractivity contribution in [1.82, 2.24) is 5.32 Å². The summed E-state index contributed by atoms with van der Waals surface area (Å²) in [6, 6.07) is 0.612. The van der Waals surface area contributed by atoms with Crippen LogP contribution in [0.5, 0.6) is 0 Å². The van der Waals surface area contributed by atoms with Crippen molar-refractivity contribution in [2.24, 2.45) is 0 Å². The fourth-order valence-electron chi connectivity index (χ4n) is 1.75. The van der Waals surface area contributed by atoms with Crippen molar-refractivity contribution >= 4 is 0 Å². The first-order valence-electron chi connectivity index (χ1n) is 7.70. The number of hydrogen-bond acceptors (Lipinski definition) is 3. The molecule has 18 heavy (non-hydrogen) atoms. The van der Waals surface area contributed by atoms with Gasteiger partial charge in [-0.1, -0.05) is 39.5 Å². The lowest BCUT2D eigenvalue weighted by Crippen LogP contribution is -2.29. The van der Waals surface area contributed by atoms with Crippen LogP contribution in [0.2, 0.25) is 0 Å². The quantitative estimate of drug-likeness (QED) is 0.485. The average Bonchev–Trinajstić information content (AvgIpc) is 2.37. The molecule has 3 nitrogen and oxygen atoms in total. The Kier molecular flexibility index (Phi) is 14.8. The first-order chi connectivity index (χ1) is 8.81. The molecule has 1 unspecified atom stereocenters. The van der Waals surface area contributed by atoms with Crippen molar-refractivity contribution in [2.45, 2.75) is 65.3 Å². The van der Waals surface area contributed by atoms with Crippen LogP contribution in [0.1, 0.15) is 59.3 Å². The second kappa shape index (κ2) is 14.9. The summed E-state index contributed by atoms with van der Waals surface area (Å²) < 4.78 is 10.9. The van der Waals surface area contributed by atoms with E-state index in [4.69, 9.17) is 9.47 Å². The topological polar surface area (TPSA) is 30.5 Å². The van der Waals surface area contributed by atoms with E-state index in [9.17, 15) is 0 Å². The van der Waals surface area contributed by atoms with E-state index in [1.54, 1.807) is 0 Å². The molecular weight excluding hydrogens is 226 g/mol. The number of rotatable bonds is 14. The molecule has 0 amide bonds. The van der Waals surface area contributed by atoms with Gasteiger partial charge >= 0.3 is 0 Å². The third-order valence-corrected chi connectivity index (χ3v) is 2.99. The molecule has 3 heteroatoms. The number of hydrogen-bond donors (Lipinski definition) is 1. The largest absolute Gasteiger partial charge is 0.379 e. The van der Waals surface area contributed by atoms with E-state index in [0.717, 1.165) is 39.4 Å². The van der Waals surface area contributed by atoms with Crippen LogP contribution in [-0.2, 0) is 9.47 Å². The minimum absolute atomic E-state index is 0.612. The Labute approximate surface area is 114 Å². The van der Waals surface area contributed by atoms with Crippen LogP contribution >= 0.6 is 0 Å². The summed E-state index contributed by atoms with van der Waals surface area (Å²) in [7, 11) is 0. The molecule has 0 aliphatic rings. The van der Waals surface area contributed by atoms with E-state index in [1.165, 1.54) is 32.1 Å². The summed E-state index contributed by atoms with van der Waals surface area (Å²) in [5.74, 6) is 0. The molecule has 0 bridgehead atoms. The Bertz CT molecular complexity index is 153. The monoisotopic (exact) mass is 259 g/mol. The van der Waals surface area contributed by atoms with E-state index >= 15 is 0 Å². The zero-order chi connectivity index (χ0) is 13.5. The Morgan fingerprint density at radius 1 is 0.833 bits per heavy atom. The van der Waals surface area contributed by atoms with Gasteiger partial charge in [-0.25, -0.2) is 0 Å². The second-order valence-corrected chi connectivity index (χ2v) is 4.93. The van der Waals surface area contributed by atoms with Crippen LogP contribution in [0.25, 0.3) is 0 Å². The lowest BCUT2D eigenvalue weighted by molar-refractivity contribution is 0.0472. The molecule has 0 spiro atoms. The molecule has 0 aromatic carbocycles. The Morgan fingerprint density at radius 3 is 2.17 bits per heavy atom. The van der Waals surface area contributed by atoms with Crippen molar-refractivity contribution in [3.05, 3.63) is 0 Å². The van der Waals surface area contributed by atoms with Gasteiger partial charge in [0.05, 0.1) is 19.8 Å². The Morgan fingerprint density at radius 2 is 1.50 bits per heavy atom. The highest BCUT2D eigenvalue weighted by Crippen LogP contribution is 2.02. The highest BCUT2D eigenvalue weighted by atomic mass is 16.5. The highest BCUT2D eigenvalue weighted by molar-refractivity contribution is 4.59. The normalized spacial score (nSPS) is 12.8. The van der Waals surface area contributed by atoms with Crippen LogP contribution in [-0.4, -0.2) is 39.0 Å². The summed E-state index contributed by atoms with van der Waals surface area (Å²) >= 11 is 0. The van der Waals surface area contributed by atoms with E-state index in [1.807, 2.05) is 0 Å². The van der Waals surface area contributed by atoms with Gasteiger partial charge in [0.15, 0.2) is 0 Å². The molecule has 1 atom stereocenters. The number of unbranched alkanes of at least 4 members (excludes halogenated alkanes) is 3. The molecule has 0 saturated heterocycles. The lowest BCUT2D eigenvalue weighted by atomic mass is 10.1. The summed E-state index contributed by atoms with van der Waals surface area (Å²) in [5.41, 5.74) is 0. The van der Waals surface area contributed by atoms with Crippen LogP contribution in [0, 0.1) is 0 Å². The third kappa shape index (κ3) is 13.9. The van der Waals surface area contributed by atoms with Gasteiger partial charge < -0.3 is 14.8 Å². The summed E-state index contributed by atoms with van der Waals surface area (Å²) in [6.07, 6.45) is 7.59. The third-order valence-electron chi connectivity index (χ3n) is 2.99. The number of ether oxygens (including phenoxy) is 2. The summed E-state index contributed by atoms with van der Waals surface area (Å²) in [6.45, 7) is 10.7. The predicted molar refractivity (Wildman–Crippen MR) is 78.2 cm³/mol. The van der Waals surface area contributed by atoms with Gasteiger partial charge in [0.1, 0.15) is 0 Å². The van der Waals surface area contributed by atoms with Crippen LogP contribution in [0.3, 0.4) is 0 Å². The molecule has 0 aliphatic heterocycles. The van der Waals surface area contributed by atoms with Gasteiger partial charge in [-0.15, -0.1) is 0 Å². The summed E-state index contributed by atoms with van der Waals surface area (Å²) in [4.78, 5) is 0. The van der Waals surface area contributed by atoms with Crippen molar-refractivity contribution in [3.8, 4) is 0 Å². The highest BCUT2D eigenvalue weighted by Gasteiger charge is 1.99. The van der Waals surface area contributed by atoms with Crippen molar-refractivity contribution < 1.29 is 9.47 Å². The molecule has 0 heterocycles. The maximum atomic E-state index is 5.50. The van der Waals surface area contributed by atoms with Gasteiger partial charge in [-0.3, -0.25) is 0 Å². The maximum absolute atomic E-state index is 5.50. The van der Waals surface area contributed by atoms with E-state index < -0.39 is 0 Å². The minimum atomic E-state index is 0.612. The molecule has 110 valence electrons.